The Balaban J connectivity index is 1.53. The van der Waals surface area contributed by atoms with Crippen molar-refractivity contribution in [1.29, 1.82) is 0 Å². The minimum absolute atomic E-state index is 0.160. The number of allylic oxidation sites excluding steroid dienone is 1. The molecule has 0 saturated carbocycles. The van der Waals surface area contributed by atoms with E-state index in [1.54, 1.807) is 36.4 Å². The highest BCUT2D eigenvalue weighted by atomic mass is 79.9. The van der Waals surface area contributed by atoms with Crippen LogP contribution in [0, 0.1) is 0 Å². The predicted octanol–water partition coefficient (Wildman–Crippen LogP) is 6.93. The Morgan fingerprint density at radius 3 is 2.61 bits per heavy atom. The van der Waals surface area contributed by atoms with Crippen molar-refractivity contribution in [3.8, 4) is 5.75 Å². The van der Waals surface area contributed by atoms with Crippen LogP contribution in [0.15, 0.2) is 58.7 Å². The largest absolute Gasteiger partial charge is 0.492 e. The molecule has 1 aromatic heterocycles. The van der Waals surface area contributed by atoms with Crippen LogP contribution in [-0.2, 0) is 17.8 Å². The lowest BCUT2D eigenvalue weighted by Crippen LogP contribution is -2.15. The lowest BCUT2D eigenvalue weighted by molar-refractivity contribution is -0.113. The molecule has 1 N–H and O–H groups in total. The first-order valence-corrected chi connectivity index (χ1v) is 12.8. The van der Waals surface area contributed by atoms with Crippen molar-refractivity contribution < 1.29 is 9.53 Å². The zero-order valence-corrected chi connectivity index (χ0v) is 22.0. The number of amides is 1. The average molecular weight is 591 g/mol. The summed E-state index contributed by atoms with van der Waals surface area (Å²) in [5, 5.41) is 13.5. The molecule has 3 aromatic rings. The number of aromatic nitrogens is 3. The molecule has 0 unspecified atom stereocenters. The van der Waals surface area contributed by atoms with Crippen LogP contribution in [-0.4, -0.2) is 33.0 Å². The topological polar surface area (TPSA) is 69.0 Å². The van der Waals surface area contributed by atoms with E-state index in [2.05, 4.69) is 38.0 Å². The van der Waals surface area contributed by atoms with Crippen molar-refractivity contribution >= 4 is 74.1 Å². The number of hydrogen-bond acceptors (Lipinski definition) is 5. The zero-order valence-electron chi connectivity index (χ0n) is 17.4. The molecule has 6 nitrogen and oxygen atoms in total. The van der Waals surface area contributed by atoms with Gasteiger partial charge in [0, 0.05) is 33.7 Å². The normalized spacial score (nSPS) is 10.8. The molecule has 3 rings (SSSR count). The smallest absolute Gasteiger partial charge is 0.234 e. The Morgan fingerprint density at radius 1 is 1.15 bits per heavy atom. The second-order valence-corrected chi connectivity index (χ2v) is 9.93. The summed E-state index contributed by atoms with van der Waals surface area (Å²) < 4.78 is 8.56. The molecule has 0 aliphatic carbocycles. The monoisotopic (exact) mass is 588 g/mol. The number of nitrogens with zero attached hydrogens (tertiary/aromatic N) is 3. The van der Waals surface area contributed by atoms with Gasteiger partial charge in [0.1, 0.15) is 11.6 Å². The first-order valence-electron chi connectivity index (χ1n) is 9.85. The molecule has 1 heterocycles. The van der Waals surface area contributed by atoms with E-state index >= 15 is 0 Å². The number of carbonyl (C=O) groups is 1. The number of hydrogen-bond donors (Lipinski definition) is 1. The Kier molecular flexibility index (Phi) is 9.94. The maximum Gasteiger partial charge on any atom is 0.234 e. The third kappa shape index (κ3) is 7.93. The Bertz CT molecular complexity index is 1120. The molecule has 11 heteroatoms. The second-order valence-electron chi connectivity index (χ2n) is 6.82. The van der Waals surface area contributed by atoms with Crippen molar-refractivity contribution in [2.45, 2.75) is 24.5 Å². The van der Waals surface area contributed by atoms with Crippen molar-refractivity contribution in [2.75, 3.05) is 17.7 Å². The van der Waals surface area contributed by atoms with E-state index in [0.29, 0.717) is 45.5 Å². The van der Waals surface area contributed by atoms with Gasteiger partial charge in [-0.1, -0.05) is 52.6 Å². The Hall–Kier alpha value is -1.71. The second kappa shape index (κ2) is 12.7. The first kappa shape index (κ1) is 25.9. The summed E-state index contributed by atoms with van der Waals surface area (Å²) >= 11 is 22.6. The summed E-state index contributed by atoms with van der Waals surface area (Å²) in [6, 6.07) is 10.3. The van der Waals surface area contributed by atoms with Crippen LogP contribution in [0.4, 0.5) is 5.69 Å². The summed E-state index contributed by atoms with van der Waals surface area (Å²) in [7, 11) is 0. The number of nitrogens with one attached hydrogen (secondary N) is 1. The van der Waals surface area contributed by atoms with Gasteiger partial charge in [0.15, 0.2) is 5.16 Å². The van der Waals surface area contributed by atoms with Crippen LogP contribution >= 0.6 is 62.5 Å². The van der Waals surface area contributed by atoms with Crippen LogP contribution in [0.2, 0.25) is 15.1 Å². The highest BCUT2D eigenvalue weighted by Gasteiger charge is 2.14. The molecule has 33 heavy (non-hydrogen) atoms. The summed E-state index contributed by atoms with van der Waals surface area (Å²) in [6.07, 6.45) is 3.18. The molecule has 0 aliphatic rings. The highest BCUT2D eigenvalue weighted by Crippen LogP contribution is 2.28. The van der Waals surface area contributed by atoms with Crippen LogP contribution in [0.1, 0.15) is 12.2 Å². The third-order valence-corrected chi connectivity index (χ3v) is 6.54. The van der Waals surface area contributed by atoms with E-state index in [-0.39, 0.29) is 11.7 Å². The summed E-state index contributed by atoms with van der Waals surface area (Å²) in [6.45, 7) is 4.86. The first-order chi connectivity index (χ1) is 15.9. The van der Waals surface area contributed by atoms with E-state index < -0.39 is 0 Å². The molecule has 0 aliphatic heterocycles. The fourth-order valence-electron chi connectivity index (χ4n) is 2.88. The number of thioether (sulfide) groups is 1. The number of aryl methyl sites for hydroxylation is 1. The van der Waals surface area contributed by atoms with Crippen LogP contribution in [0.25, 0.3) is 0 Å². The standard InChI is InChI=1S/C22H20BrCl3N4O2S/c1-2-7-30-20(4-3-8-32-19-6-5-14(24)12-18(19)23)28-29-22(30)33-13-21(31)27-17-10-15(25)9-16(26)11-17/h2,5-6,9-12H,1,3-4,7-8,13H2,(H,27,31). The Labute approximate surface area is 219 Å². The molecule has 0 atom stereocenters. The third-order valence-electron chi connectivity index (χ3n) is 4.28. The van der Waals surface area contributed by atoms with Gasteiger partial charge < -0.3 is 14.6 Å². The van der Waals surface area contributed by atoms with Crippen molar-refractivity contribution in [3.63, 3.8) is 0 Å². The van der Waals surface area contributed by atoms with Crippen LogP contribution in [0.5, 0.6) is 5.75 Å². The predicted molar refractivity (Wildman–Crippen MR) is 139 cm³/mol. The lowest BCUT2D eigenvalue weighted by atomic mass is 10.3. The van der Waals surface area contributed by atoms with Gasteiger partial charge in [-0.2, -0.15) is 0 Å². The van der Waals surface area contributed by atoms with Crippen LogP contribution in [0.3, 0.4) is 0 Å². The summed E-state index contributed by atoms with van der Waals surface area (Å²) in [5.74, 6) is 1.50. The van der Waals surface area contributed by atoms with Gasteiger partial charge in [-0.05, 0) is 58.7 Å². The van der Waals surface area contributed by atoms with Crippen LogP contribution < -0.4 is 10.1 Å². The maximum absolute atomic E-state index is 12.4. The number of halogens is 4. The average Bonchev–Trinajstić information content (AvgIpc) is 3.12. The quantitative estimate of drug-likeness (QED) is 0.149. The van der Waals surface area contributed by atoms with E-state index in [9.17, 15) is 4.79 Å². The number of rotatable bonds is 11. The van der Waals surface area contributed by atoms with E-state index in [4.69, 9.17) is 39.5 Å². The molecule has 0 saturated heterocycles. The van der Waals surface area contributed by atoms with Crippen molar-refractivity contribution in [2.24, 2.45) is 0 Å². The van der Waals surface area contributed by atoms with Gasteiger partial charge in [-0.15, -0.1) is 16.8 Å². The molecule has 0 radical (unpaired) electrons. The Morgan fingerprint density at radius 2 is 1.91 bits per heavy atom. The van der Waals surface area contributed by atoms with Gasteiger partial charge >= 0.3 is 0 Å². The summed E-state index contributed by atoms with van der Waals surface area (Å²) in [4.78, 5) is 12.4. The maximum atomic E-state index is 12.4. The lowest BCUT2D eigenvalue weighted by Gasteiger charge is -2.10. The number of anilines is 1. The number of carbonyl (C=O) groups excluding carboxylic acids is 1. The van der Waals surface area contributed by atoms with Crippen molar-refractivity contribution in [3.05, 3.63) is 74.4 Å². The minimum atomic E-state index is -0.199. The number of benzene rings is 2. The van der Waals surface area contributed by atoms with E-state index in [1.807, 2.05) is 10.6 Å². The molecule has 1 amide bonds. The molecule has 0 bridgehead atoms. The molecular formula is C22H20BrCl3N4O2S. The van der Waals surface area contributed by atoms with Gasteiger partial charge in [0.05, 0.1) is 16.8 Å². The fourth-order valence-corrected chi connectivity index (χ4v) is 4.97. The van der Waals surface area contributed by atoms with Gasteiger partial charge in [0.25, 0.3) is 0 Å². The molecule has 0 spiro atoms. The fraction of sp³-hybridized carbons (Fsp3) is 0.227. The zero-order chi connectivity index (χ0) is 23.8. The molecule has 174 valence electrons. The molecule has 0 fully saturated rings. The van der Waals surface area contributed by atoms with E-state index in [1.165, 1.54) is 11.8 Å². The van der Waals surface area contributed by atoms with Gasteiger partial charge in [0.2, 0.25) is 5.91 Å². The van der Waals surface area contributed by atoms with E-state index in [0.717, 1.165) is 22.5 Å². The number of ether oxygens (including phenoxy) is 1. The minimum Gasteiger partial charge on any atom is -0.492 e. The van der Waals surface area contributed by atoms with Gasteiger partial charge in [-0.3, -0.25) is 4.79 Å². The summed E-state index contributed by atoms with van der Waals surface area (Å²) in [5.41, 5.74) is 0.540. The SMILES string of the molecule is C=CCn1c(CCCOc2ccc(Cl)cc2Br)nnc1SCC(=O)Nc1cc(Cl)cc(Cl)c1. The highest BCUT2D eigenvalue weighted by molar-refractivity contribution is 9.10. The molecular weight excluding hydrogens is 571 g/mol. The van der Waals surface area contributed by atoms with Crippen molar-refractivity contribution in [1.82, 2.24) is 14.8 Å². The molecule has 2 aromatic carbocycles. The van der Waals surface area contributed by atoms with Gasteiger partial charge in [-0.25, -0.2) is 0 Å².